The van der Waals surface area contributed by atoms with Gasteiger partial charge in [0.1, 0.15) is 0 Å². The third-order valence-electron chi connectivity index (χ3n) is 2.48. The van der Waals surface area contributed by atoms with Crippen molar-refractivity contribution in [3.63, 3.8) is 0 Å². The van der Waals surface area contributed by atoms with Crippen LogP contribution in [0, 0.1) is 0 Å². The Morgan fingerprint density at radius 3 is 2.58 bits per heavy atom. The maximum atomic E-state index is 5.31. The lowest BCUT2D eigenvalue weighted by atomic mass is 9.85. The minimum atomic E-state index is 0.251. The number of ether oxygens (including phenoxy) is 2. The molecule has 0 aliphatic heterocycles. The summed E-state index contributed by atoms with van der Waals surface area (Å²) in [6.45, 7) is 3.24. The molecule has 1 N–H and O–H groups in total. The second kappa shape index (κ2) is 4.80. The number of hydrogen-bond acceptors (Lipinski definition) is 3. The van der Waals surface area contributed by atoms with Crippen molar-refractivity contribution in [2.45, 2.75) is 38.0 Å². The molecule has 1 fully saturated rings. The molecule has 0 aromatic heterocycles. The van der Waals surface area contributed by atoms with Crippen LogP contribution in [-0.2, 0) is 9.47 Å². The van der Waals surface area contributed by atoms with Crippen LogP contribution in [0.1, 0.15) is 19.8 Å². The molecule has 1 rings (SSSR count). The summed E-state index contributed by atoms with van der Waals surface area (Å²) in [6.07, 6.45) is 2.80. The molecule has 12 heavy (non-hydrogen) atoms. The van der Waals surface area contributed by atoms with E-state index in [1.165, 1.54) is 6.42 Å². The molecule has 3 heteroatoms. The molecular formula is C9H19NO2. The predicted molar refractivity (Wildman–Crippen MR) is 48.3 cm³/mol. The third-order valence-corrected chi connectivity index (χ3v) is 2.48. The van der Waals surface area contributed by atoms with E-state index in [9.17, 15) is 0 Å². The third kappa shape index (κ3) is 1.97. The fourth-order valence-electron chi connectivity index (χ4n) is 1.66. The van der Waals surface area contributed by atoms with E-state index in [2.05, 4.69) is 12.2 Å². The van der Waals surface area contributed by atoms with E-state index >= 15 is 0 Å². The van der Waals surface area contributed by atoms with E-state index in [-0.39, 0.29) is 6.10 Å². The zero-order valence-corrected chi connectivity index (χ0v) is 8.17. The molecule has 3 atom stereocenters. The van der Waals surface area contributed by atoms with Crippen molar-refractivity contribution >= 4 is 0 Å². The number of rotatable bonds is 5. The normalized spacial score (nSPS) is 34.8. The predicted octanol–water partition coefficient (Wildman–Crippen LogP) is 0.788. The Morgan fingerprint density at radius 2 is 2.08 bits per heavy atom. The summed E-state index contributed by atoms with van der Waals surface area (Å²) in [6, 6.07) is 0.500. The van der Waals surface area contributed by atoms with Gasteiger partial charge in [0.15, 0.2) is 0 Å². The lowest BCUT2D eigenvalue weighted by Gasteiger charge is -2.43. The van der Waals surface area contributed by atoms with Crippen LogP contribution in [0.4, 0.5) is 0 Å². The summed E-state index contributed by atoms with van der Waals surface area (Å²) in [5.41, 5.74) is 0. The van der Waals surface area contributed by atoms with Gasteiger partial charge in [-0.25, -0.2) is 0 Å². The summed E-state index contributed by atoms with van der Waals surface area (Å²) >= 11 is 0. The van der Waals surface area contributed by atoms with Crippen LogP contribution >= 0.6 is 0 Å². The summed E-state index contributed by atoms with van der Waals surface area (Å²) in [5.74, 6) is 0. The van der Waals surface area contributed by atoms with Gasteiger partial charge < -0.3 is 14.8 Å². The Kier molecular flexibility index (Phi) is 3.98. The zero-order valence-electron chi connectivity index (χ0n) is 8.17. The molecule has 3 unspecified atom stereocenters. The minimum Gasteiger partial charge on any atom is -0.379 e. The molecule has 0 amide bonds. The van der Waals surface area contributed by atoms with Gasteiger partial charge in [0.25, 0.3) is 0 Å². The molecule has 1 saturated carbocycles. The highest BCUT2D eigenvalue weighted by Crippen LogP contribution is 2.25. The highest BCUT2D eigenvalue weighted by Gasteiger charge is 2.40. The minimum absolute atomic E-state index is 0.251. The van der Waals surface area contributed by atoms with Crippen LogP contribution in [0.2, 0.25) is 0 Å². The van der Waals surface area contributed by atoms with Gasteiger partial charge in [-0.15, -0.1) is 0 Å². The molecule has 0 heterocycles. The van der Waals surface area contributed by atoms with Crippen molar-refractivity contribution in [2.24, 2.45) is 0 Å². The summed E-state index contributed by atoms with van der Waals surface area (Å²) < 4.78 is 10.5. The summed E-state index contributed by atoms with van der Waals surface area (Å²) in [5, 5.41) is 3.43. The van der Waals surface area contributed by atoms with E-state index in [0.29, 0.717) is 12.1 Å². The Balaban J connectivity index is 2.21. The van der Waals surface area contributed by atoms with E-state index < -0.39 is 0 Å². The van der Waals surface area contributed by atoms with Crippen LogP contribution in [0.3, 0.4) is 0 Å². The number of hydrogen-bond donors (Lipinski definition) is 1. The first-order valence-corrected chi connectivity index (χ1v) is 4.62. The van der Waals surface area contributed by atoms with Crippen molar-refractivity contribution in [3.8, 4) is 0 Å². The highest BCUT2D eigenvalue weighted by atomic mass is 16.5. The molecular weight excluding hydrogens is 154 g/mol. The lowest BCUT2D eigenvalue weighted by molar-refractivity contribution is -0.119. The van der Waals surface area contributed by atoms with Gasteiger partial charge in [0.05, 0.1) is 12.2 Å². The van der Waals surface area contributed by atoms with E-state index in [4.69, 9.17) is 9.47 Å². The first-order chi connectivity index (χ1) is 5.83. The molecule has 1 aliphatic carbocycles. The van der Waals surface area contributed by atoms with Crippen molar-refractivity contribution in [2.75, 3.05) is 20.8 Å². The summed E-state index contributed by atoms with van der Waals surface area (Å²) in [4.78, 5) is 0. The first kappa shape index (κ1) is 9.96. The quantitative estimate of drug-likeness (QED) is 0.666. The lowest BCUT2D eigenvalue weighted by Crippen LogP contribution is -2.59. The Labute approximate surface area is 74.4 Å². The van der Waals surface area contributed by atoms with Crippen LogP contribution in [0.15, 0.2) is 0 Å². The van der Waals surface area contributed by atoms with E-state index in [1.54, 1.807) is 14.2 Å². The molecule has 0 saturated heterocycles. The smallest absolute Gasteiger partial charge is 0.0986 e. The molecule has 0 spiro atoms. The van der Waals surface area contributed by atoms with Gasteiger partial charge in [-0.3, -0.25) is 0 Å². The fraction of sp³-hybridized carbons (Fsp3) is 1.00. The van der Waals surface area contributed by atoms with Crippen LogP contribution < -0.4 is 5.32 Å². The van der Waals surface area contributed by atoms with Gasteiger partial charge in [-0.05, 0) is 19.4 Å². The molecule has 0 bridgehead atoms. The van der Waals surface area contributed by atoms with Crippen LogP contribution in [-0.4, -0.2) is 39.0 Å². The molecule has 3 nitrogen and oxygen atoms in total. The fourth-order valence-corrected chi connectivity index (χ4v) is 1.66. The first-order valence-electron chi connectivity index (χ1n) is 4.62. The second-order valence-electron chi connectivity index (χ2n) is 3.27. The van der Waals surface area contributed by atoms with Crippen LogP contribution in [0.25, 0.3) is 0 Å². The monoisotopic (exact) mass is 173 g/mol. The maximum Gasteiger partial charge on any atom is 0.0986 e. The Morgan fingerprint density at radius 1 is 1.33 bits per heavy atom. The van der Waals surface area contributed by atoms with Gasteiger partial charge in [-0.2, -0.15) is 0 Å². The number of nitrogens with one attached hydrogen (secondary N) is 1. The molecule has 1 aliphatic rings. The summed E-state index contributed by atoms with van der Waals surface area (Å²) in [7, 11) is 3.49. The van der Waals surface area contributed by atoms with Gasteiger partial charge in [0, 0.05) is 20.3 Å². The average Bonchev–Trinajstić information content (AvgIpc) is 2.04. The topological polar surface area (TPSA) is 30.5 Å². The van der Waals surface area contributed by atoms with Crippen molar-refractivity contribution in [1.29, 1.82) is 0 Å². The molecule has 0 aromatic rings. The molecule has 0 radical (unpaired) electrons. The Hall–Kier alpha value is -0.120. The van der Waals surface area contributed by atoms with E-state index in [0.717, 1.165) is 13.0 Å². The van der Waals surface area contributed by atoms with Gasteiger partial charge >= 0.3 is 0 Å². The second-order valence-corrected chi connectivity index (χ2v) is 3.27. The largest absolute Gasteiger partial charge is 0.379 e. The van der Waals surface area contributed by atoms with Crippen molar-refractivity contribution < 1.29 is 9.47 Å². The highest BCUT2D eigenvalue weighted by molar-refractivity contribution is 4.96. The maximum absolute atomic E-state index is 5.31. The average molecular weight is 173 g/mol. The van der Waals surface area contributed by atoms with E-state index in [1.807, 2.05) is 0 Å². The SMILES string of the molecule is CCCNC1CC(OC)C1OC. The zero-order chi connectivity index (χ0) is 8.97. The van der Waals surface area contributed by atoms with Crippen molar-refractivity contribution in [3.05, 3.63) is 0 Å². The molecule has 72 valence electrons. The molecule has 0 aromatic carbocycles. The Bertz CT molecular complexity index is 128. The number of methoxy groups -OCH3 is 2. The van der Waals surface area contributed by atoms with Gasteiger partial charge in [-0.1, -0.05) is 6.92 Å². The van der Waals surface area contributed by atoms with Crippen LogP contribution in [0.5, 0.6) is 0 Å². The standard InChI is InChI=1S/C9H19NO2/c1-4-5-10-7-6-8(11-2)9(7)12-3/h7-10H,4-6H2,1-3H3. The van der Waals surface area contributed by atoms with Crippen molar-refractivity contribution in [1.82, 2.24) is 5.32 Å². The van der Waals surface area contributed by atoms with Gasteiger partial charge in [0.2, 0.25) is 0 Å².